The molecule has 0 saturated carbocycles. The molecule has 3 aromatic rings. The summed E-state index contributed by atoms with van der Waals surface area (Å²) in [6.07, 6.45) is 2.05. The van der Waals surface area contributed by atoms with Crippen LogP contribution in [0.2, 0.25) is 0 Å². The molecule has 1 aliphatic rings. The normalized spacial score (nSPS) is 14.5. The van der Waals surface area contributed by atoms with Crippen LogP contribution in [0.1, 0.15) is 32.7 Å². The predicted octanol–water partition coefficient (Wildman–Crippen LogP) is 2.69. The lowest BCUT2D eigenvalue weighted by Gasteiger charge is -2.22. The quantitative estimate of drug-likeness (QED) is 0.688. The third-order valence-electron chi connectivity index (χ3n) is 4.89. The Bertz CT molecular complexity index is 1080. The number of fused-ring (bicyclic) bond motifs is 1. The van der Waals surface area contributed by atoms with Crippen molar-refractivity contribution in [2.45, 2.75) is 6.42 Å². The topological polar surface area (TPSA) is 90.4 Å². The van der Waals surface area contributed by atoms with Crippen LogP contribution in [0.3, 0.4) is 0 Å². The molecule has 1 saturated heterocycles. The number of benzene rings is 2. The van der Waals surface area contributed by atoms with E-state index in [1.165, 1.54) is 6.39 Å². The summed E-state index contributed by atoms with van der Waals surface area (Å²) in [5.41, 5.74) is 2.79. The number of nitriles is 1. The van der Waals surface area contributed by atoms with Gasteiger partial charge in [-0.2, -0.15) is 5.26 Å². The number of hydrogen-bond acceptors (Lipinski definition) is 5. The zero-order valence-corrected chi connectivity index (χ0v) is 15.2. The zero-order chi connectivity index (χ0) is 19.5. The van der Waals surface area contributed by atoms with E-state index in [1.807, 2.05) is 0 Å². The molecule has 0 bridgehead atoms. The van der Waals surface area contributed by atoms with Crippen LogP contribution in [0.5, 0.6) is 0 Å². The SMILES string of the molecule is N#Cc1cccc(C(=O)N2CCCN(C(=O)c3ccc4ncoc4c3)CC2)c1. The maximum Gasteiger partial charge on any atom is 0.254 e. The molecule has 1 aromatic heterocycles. The molecule has 140 valence electrons. The number of carbonyl (C=O) groups is 2. The van der Waals surface area contributed by atoms with Gasteiger partial charge in [0.15, 0.2) is 12.0 Å². The van der Waals surface area contributed by atoms with Gasteiger partial charge < -0.3 is 14.2 Å². The molecule has 28 heavy (non-hydrogen) atoms. The lowest BCUT2D eigenvalue weighted by molar-refractivity contribution is 0.0719. The monoisotopic (exact) mass is 374 g/mol. The molecular weight excluding hydrogens is 356 g/mol. The first-order valence-corrected chi connectivity index (χ1v) is 9.08. The average Bonchev–Trinajstić information content (AvgIpc) is 3.07. The fraction of sp³-hybridized carbons (Fsp3) is 0.238. The molecule has 0 unspecified atom stereocenters. The van der Waals surface area contributed by atoms with E-state index in [-0.39, 0.29) is 11.8 Å². The number of amides is 2. The second-order valence-corrected chi connectivity index (χ2v) is 6.67. The molecule has 0 aliphatic carbocycles. The van der Waals surface area contributed by atoms with E-state index in [0.29, 0.717) is 60.4 Å². The minimum atomic E-state index is -0.116. The molecular formula is C21H18N4O3. The summed E-state index contributed by atoms with van der Waals surface area (Å²) >= 11 is 0. The van der Waals surface area contributed by atoms with Crippen molar-refractivity contribution in [3.63, 3.8) is 0 Å². The Morgan fingerprint density at radius 2 is 1.68 bits per heavy atom. The van der Waals surface area contributed by atoms with E-state index in [4.69, 9.17) is 9.68 Å². The van der Waals surface area contributed by atoms with Gasteiger partial charge in [-0.25, -0.2) is 4.98 Å². The van der Waals surface area contributed by atoms with Gasteiger partial charge >= 0.3 is 0 Å². The highest BCUT2D eigenvalue weighted by Crippen LogP contribution is 2.17. The fourth-order valence-corrected chi connectivity index (χ4v) is 3.40. The van der Waals surface area contributed by atoms with Crippen LogP contribution in [0.4, 0.5) is 0 Å². The van der Waals surface area contributed by atoms with Crippen LogP contribution < -0.4 is 0 Å². The first-order valence-electron chi connectivity index (χ1n) is 9.08. The Labute approximate surface area is 161 Å². The Kier molecular flexibility index (Phi) is 4.77. The number of aromatic nitrogens is 1. The molecule has 2 aromatic carbocycles. The smallest absolute Gasteiger partial charge is 0.254 e. The molecule has 2 heterocycles. The summed E-state index contributed by atoms with van der Waals surface area (Å²) in [5.74, 6) is -0.200. The van der Waals surface area contributed by atoms with Crippen LogP contribution in [0.25, 0.3) is 11.1 Å². The Morgan fingerprint density at radius 3 is 2.39 bits per heavy atom. The predicted molar refractivity (Wildman–Crippen MR) is 102 cm³/mol. The maximum atomic E-state index is 12.9. The van der Waals surface area contributed by atoms with Crippen LogP contribution in [0.15, 0.2) is 53.3 Å². The summed E-state index contributed by atoms with van der Waals surface area (Å²) in [6, 6.07) is 14.0. The lowest BCUT2D eigenvalue weighted by atomic mass is 10.1. The molecule has 0 radical (unpaired) electrons. The van der Waals surface area contributed by atoms with Crippen LogP contribution >= 0.6 is 0 Å². The van der Waals surface area contributed by atoms with E-state index < -0.39 is 0 Å². The molecule has 7 nitrogen and oxygen atoms in total. The van der Waals surface area contributed by atoms with Gasteiger partial charge in [-0.3, -0.25) is 9.59 Å². The first-order chi connectivity index (χ1) is 13.7. The number of nitrogens with zero attached hydrogens (tertiary/aromatic N) is 4. The molecule has 4 rings (SSSR count). The van der Waals surface area contributed by atoms with Crippen molar-refractivity contribution < 1.29 is 14.0 Å². The Balaban J connectivity index is 1.46. The summed E-state index contributed by atoms with van der Waals surface area (Å²) in [5, 5.41) is 9.03. The van der Waals surface area contributed by atoms with Crippen molar-refractivity contribution in [1.82, 2.24) is 14.8 Å². The highest BCUT2D eigenvalue weighted by Gasteiger charge is 2.24. The van der Waals surface area contributed by atoms with Gasteiger partial charge in [-0.15, -0.1) is 0 Å². The highest BCUT2D eigenvalue weighted by molar-refractivity contribution is 5.97. The van der Waals surface area contributed by atoms with Crippen molar-refractivity contribution >= 4 is 22.9 Å². The van der Waals surface area contributed by atoms with Crippen LogP contribution in [-0.4, -0.2) is 52.8 Å². The van der Waals surface area contributed by atoms with Crippen molar-refractivity contribution in [3.05, 3.63) is 65.5 Å². The molecule has 1 fully saturated rings. The number of hydrogen-bond donors (Lipinski definition) is 0. The van der Waals surface area contributed by atoms with E-state index in [1.54, 1.807) is 52.3 Å². The molecule has 7 heteroatoms. The second-order valence-electron chi connectivity index (χ2n) is 6.67. The molecule has 2 amide bonds. The number of oxazole rings is 1. The second kappa shape index (κ2) is 7.53. The molecule has 1 aliphatic heterocycles. The Morgan fingerprint density at radius 1 is 0.964 bits per heavy atom. The first kappa shape index (κ1) is 17.7. The van der Waals surface area contributed by atoms with E-state index in [9.17, 15) is 9.59 Å². The minimum absolute atomic E-state index is 0.0842. The van der Waals surface area contributed by atoms with Gasteiger partial charge in [0.25, 0.3) is 11.8 Å². The van der Waals surface area contributed by atoms with Crippen LogP contribution in [-0.2, 0) is 0 Å². The molecule has 0 N–H and O–H groups in total. The fourth-order valence-electron chi connectivity index (χ4n) is 3.40. The third-order valence-corrected chi connectivity index (χ3v) is 4.89. The summed E-state index contributed by atoms with van der Waals surface area (Å²) in [7, 11) is 0. The highest BCUT2D eigenvalue weighted by atomic mass is 16.3. The average molecular weight is 374 g/mol. The summed E-state index contributed by atoms with van der Waals surface area (Å²) in [4.78, 5) is 33.2. The van der Waals surface area contributed by atoms with Crippen molar-refractivity contribution in [2.24, 2.45) is 0 Å². The Hall–Kier alpha value is -3.66. The summed E-state index contributed by atoms with van der Waals surface area (Å²) < 4.78 is 5.28. The van der Waals surface area contributed by atoms with Gasteiger partial charge in [-0.05, 0) is 42.8 Å². The number of carbonyl (C=O) groups excluding carboxylic acids is 2. The molecule has 0 atom stereocenters. The summed E-state index contributed by atoms with van der Waals surface area (Å²) in [6.45, 7) is 2.05. The van der Waals surface area contributed by atoms with Gasteiger partial charge in [-0.1, -0.05) is 6.07 Å². The van der Waals surface area contributed by atoms with Crippen molar-refractivity contribution in [1.29, 1.82) is 5.26 Å². The lowest BCUT2D eigenvalue weighted by Crippen LogP contribution is -2.37. The van der Waals surface area contributed by atoms with Crippen molar-refractivity contribution in [2.75, 3.05) is 26.2 Å². The molecule has 0 spiro atoms. The minimum Gasteiger partial charge on any atom is -0.443 e. The van der Waals surface area contributed by atoms with Crippen LogP contribution in [0, 0.1) is 11.3 Å². The van der Waals surface area contributed by atoms with Gasteiger partial charge in [0.2, 0.25) is 0 Å². The maximum absolute atomic E-state index is 12.9. The van der Waals surface area contributed by atoms with Gasteiger partial charge in [0, 0.05) is 37.3 Å². The van der Waals surface area contributed by atoms with E-state index in [2.05, 4.69) is 11.1 Å². The van der Waals surface area contributed by atoms with Gasteiger partial charge in [0.1, 0.15) is 5.52 Å². The van der Waals surface area contributed by atoms with E-state index >= 15 is 0 Å². The number of rotatable bonds is 2. The largest absolute Gasteiger partial charge is 0.443 e. The van der Waals surface area contributed by atoms with Gasteiger partial charge in [0.05, 0.1) is 11.6 Å². The van der Waals surface area contributed by atoms with E-state index in [0.717, 1.165) is 0 Å². The van der Waals surface area contributed by atoms with Crippen molar-refractivity contribution in [3.8, 4) is 6.07 Å². The third kappa shape index (κ3) is 3.45. The zero-order valence-electron chi connectivity index (χ0n) is 15.2. The standard InChI is InChI=1S/C21H18N4O3/c22-13-15-3-1-4-16(11-15)20(26)24-7-2-8-25(10-9-24)21(27)17-5-6-18-19(12-17)28-14-23-18/h1,3-6,11-12,14H,2,7-10H2.